The van der Waals surface area contributed by atoms with Crippen LogP contribution in [0.15, 0.2) is 0 Å². The van der Waals surface area contributed by atoms with Crippen LogP contribution in [0.1, 0.15) is 25.6 Å². The minimum Gasteiger partial charge on any atom is -0.464 e. The molecule has 0 radical (unpaired) electrons. The third-order valence-corrected chi connectivity index (χ3v) is 2.28. The van der Waals surface area contributed by atoms with Crippen LogP contribution >= 0.6 is 22.9 Å². The number of hydrogen-bond donors (Lipinski definition) is 0. The molecule has 0 aliphatic carbocycles. The Hall–Kier alpha value is -0.790. The molecule has 0 amide bonds. The molecule has 1 aromatic heterocycles. The smallest absolute Gasteiger partial charge is 0.276 e. The van der Waals surface area contributed by atoms with Gasteiger partial charge in [-0.2, -0.15) is 10.2 Å². The number of thiazole rings is 1. The molecule has 1 rings (SSSR count). The number of rotatable bonds is 1. The maximum Gasteiger partial charge on any atom is 0.276 e. The number of ether oxygens (including phenoxy) is 1. The second-order valence-electron chi connectivity index (χ2n) is 3.43. The van der Waals surface area contributed by atoms with Gasteiger partial charge in [-0.15, -0.1) is 0 Å². The summed E-state index contributed by atoms with van der Waals surface area (Å²) in [7, 11) is 0. The first-order valence-electron chi connectivity index (χ1n) is 3.68. The van der Waals surface area contributed by atoms with Crippen molar-refractivity contribution >= 4 is 22.9 Å². The van der Waals surface area contributed by atoms with E-state index in [1.165, 1.54) is 0 Å². The molecule has 0 aliphatic heterocycles. The van der Waals surface area contributed by atoms with Crippen LogP contribution in [-0.2, 0) is 0 Å². The molecule has 0 aliphatic rings. The van der Waals surface area contributed by atoms with E-state index in [0.29, 0.717) is 10.1 Å². The molecule has 5 heteroatoms. The van der Waals surface area contributed by atoms with Crippen LogP contribution < -0.4 is 4.74 Å². The summed E-state index contributed by atoms with van der Waals surface area (Å²) in [6.07, 6.45) is 0. The van der Waals surface area contributed by atoms with Crippen molar-refractivity contribution in [2.75, 3.05) is 0 Å². The normalized spacial score (nSPS) is 11.0. The highest BCUT2D eigenvalue weighted by Crippen LogP contribution is 2.29. The molecule has 70 valence electrons. The summed E-state index contributed by atoms with van der Waals surface area (Å²) in [5, 5.41) is 9.26. The van der Waals surface area contributed by atoms with Gasteiger partial charge in [-0.25, -0.2) is 0 Å². The third kappa shape index (κ3) is 2.87. The quantitative estimate of drug-likeness (QED) is 0.725. The van der Waals surface area contributed by atoms with Crippen molar-refractivity contribution in [1.82, 2.24) is 4.98 Å². The lowest BCUT2D eigenvalue weighted by molar-refractivity contribution is 0.130. The van der Waals surface area contributed by atoms with Gasteiger partial charge in [0.05, 0.1) is 0 Å². The SMILES string of the molecule is CC(C)(C)Oc1nc(Cl)c(C#N)s1. The molecule has 0 saturated carbocycles. The number of nitrogens with zero attached hydrogens (tertiary/aromatic N) is 2. The third-order valence-electron chi connectivity index (χ3n) is 1.06. The van der Waals surface area contributed by atoms with Gasteiger partial charge in [0.2, 0.25) is 0 Å². The Bertz CT molecular complexity index is 348. The van der Waals surface area contributed by atoms with Crippen LogP contribution in [0.3, 0.4) is 0 Å². The Kier molecular flexibility index (Phi) is 2.79. The minimum atomic E-state index is -0.312. The van der Waals surface area contributed by atoms with Crippen LogP contribution in [0.4, 0.5) is 0 Å². The van der Waals surface area contributed by atoms with Crippen molar-refractivity contribution in [1.29, 1.82) is 5.26 Å². The Morgan fingerprint density at radius 3 is 2.54 bits per heavy atom. The lowest BCUT2D eigenvalue weighted by atomic mass is 10.2. The van der Waals surface area contributed by atoms with Crippen molar-refractivity contribution in [3.63, 3.8) is 0 Å². The molecule has 0 spiro atoms. The van der Waals surface area contributed by atoms with Gasteiger partial charge in [0, 0.05) is 0 Å². The van der Waals surface area contributed by atoms with Gasteiger partial charge in [-0.1, -0.05) is 22.9 Å². The Morgan fingerprint density at radius 1 is 1.54 bits per heavy atom. The fraction of sp³-hybridized carbons (Fsp3) is 0.500. The molecule has 0 fully saturated rings. The first kappa shape index (κ1) is 10.3. The maximum absolute atomic E-state index is 8.61. The van der Waals surface area contributed by atoms with E-state index in [9.17, 15) is 0 Å². The van der Waals surface area contributed by atoms with E-state index < -0.39 is 0 Å². The van der Waals surface area contributed by atoms with Gasteiger partial charge in [0.25, 0.3) is 5.19 Å². The van der Waals surface area contributed by atoms with Crippen LogP contribution in [0.2, 0.25) is 5.15 Å². The molecular formula is C8H9ClN2OS. The van der Waals surface area contributed by atoms with Gasteiger partial charge >= 0.3 is 0 Å². The molecule has 3 nitrogen and oxygen atoms in total. The van der Waals surface area contributed by atoms with Gasteiger partial charge in [0.15, 0.2) is 5.15 Å². The highest BCUT2D eigenvalue weighted by Gasteiger charge is 2.16. The van der Waals surface area contributed by atoms with Crippen molar-refractivity contribution in [2.24, 2.45) is 0 Å². The molecule has 0 N–H and O–H groups in total. The topological polar surface area (TPSA) is 45.9 Å². The molecule has 0 saturated heterocycles. The number of nitriles is 1. The lowest BCUT2D eigenvalue weighted by Gasteiger charge is -2.18. The minimum absolute atomic E-state index is 0.215. The largest absolute Gasteiger partial charge is 0.464 e. The molecule has 0 atom stereocenters. The molecule has 0 unspecified atom stereocenters. The first-order valence-corrected chi connectivity index (χ1v) is 4.87. The van der Waals surface area contributed by atoms with Crippen LogP contribution in [0.5, 0.6) is 5.19 Å². The summed E-state index contributed by atoms with van der Waals surface area (Å²) in [6.45, 7) is 5.73. The molecule has 13 heavy (non-hydrogen) atoms. The van der Waals surface area contributed by atoms with E-state index in [1.807, 2.05) is 26.8 Å². The van der Waals surface area contributed by atoms with E-state index in [0.717, 1.165) is 11.3 Å². The molecule has 1 aromatic rings. The zero-order chi connectivity index (χ0) is 10.1. The predicted octanol–water partition coefficient (Wildman–Crippen LogP) is 2.85. The van der Waals surface area contributed by atoms with Crippen molar-refractivity contribution in [2.45, 2.75) is 26.4 Å². The monoisotopic (exact) mass is 216 g/mol. The average Bonchev–Trinajstić information content (AvgIpc) is 2.26. The second kappa shape index (κ2) is 3.52. The van der Waals surface area contributed by atoms with Gasteiger partial charge in [-0.3, -0.25) is 0 Å². The van der Waals surface area contributed by atoms with Crippen molar-refractivity contribution < 1.29 is 4.74 Å². The van der Waals surface area contributed by atoms with Crippen molar-refractivity contribution in [3.05, 3.63) is 10.0 Å². The molecule has 0 bridgehead atoms. The summed E-state index contributed by atoms with van der Waals surface area (Å²) in [5.74, 6) is 0. The first-order chi connectivity index (χ1) is 5.92. The Labute approximate surface area is 85.9 Å². The Morgan fingerprint density at radius 2 is 2.15 bits per heavy atom. The van der Waals surface area contributed by atoms with E-state index in [2.05, 4.69) is 4.98 Å². The van der Waals surface area contributed by atoms with Crippen LogP contribution in [-0.4, -0.2) is 10.6 Å². The van der Waals surface area contributed by atoms with Crippen molar-refractivity contribution in [3.8, 4) is 11.3 Å². The van der Waals surface area contributed by atoms with Gasteiger partial charge in [0.1, 0.15) is 16.5 Å². The summed E-state index contributed by atoms with van der Waals surface area (Å²) in [5.41, 5.74) is -0.312. The number of halogens is 1. The second-order valence-corrected chi connectivity index (χ2v) is 4.75. The number of aromatic nitrogens is 1. The van der Waals surface area contributed by atoms with E-state index in [4.69, 9.17) is 21.6 Å². The van der Waals surface area contributed by atoms with E-state index in [1.54, 1.807) is 0 Å². The molecule has 0 aromatic carbocycles. The summed E-state index contributed by atoms with van der Waals surface area (Å²) in [4.78, 5) is 4.30. The average molecular weight is 217 g/mol. The summed E-state index contributed by atoms with van der Waals surface area (Å²) < 4.78 is 5.44. The van der Waals surface area contributed by atoms with E-state index in [-0.39, 0.29) is 10.8 Å². The standard InChI is InChI=1S/C8H9ClN2OS/c1-8(2,3)12-7-11-6(9)5(4-10)13-7/h1-3H3. The molecule has 1 heterocycles. The Balaban J connectivity index is 2.87. The predicted molar refractivity (Wildman–Crippen MR) is 52.2 cm³/mol. The maximum atomic E-state index is 8.61. The summed E-state index contributed by atoms with van der Waals surface area (Å²) >= 11 is 6.83. The number of hydrogen-bond acceptors (Lipinski definition) is 4. The zero-order valence-electron chi connectivity index (χ0n) is 7.59. The fourth-order valence-corrected chi connectivity index (χ4v) is 1.72. The molecular weight excluding hydrogens is 208 g/mol. The lowest BCUT2D eigenvalue weighted by Crippen LogP contribution is -2.22. The highest BCUT2D eigenvalue weighted by atomic mass is 35.5. The van der Waals surface area contributed by atoms with Crippen LogP contribution in [0, 0.1) is 11.3 Å². The summed E-state index contributed by atoms with van der Waals surface area (Å²) in [6, 6.07) is 1.95. The zero-order valence-corrected chi connectivity index (χ0v) is 9.16. The van der Waals surface area contributed by atoms with E-state index >= 15 is 0 Å². The van der Waals surface area contributed by atoms with Gasteiger partial charge < -0.3 is 4.74 Å². The fourth-order valence-electron chi connectivity index (χ4n) is 0.658. The highest BCUT2D eigenvalue weighted by molar-refractivity contribution is 7.14. The van der Waals surface area contributed by atoms with Gasteiger partial charge in [-0.05, 0) is 20.8 Å². The van der Waals surface area contributed by atoms with Crippen LogP contribution in [0.25, 0.3) is 0 Å².